The van der Waals surface area contributed by atoms with Gasteiger partial charge in [0.15, 0.2) is 0 Å². The summed E-state index contributed by atoms with van der Waals surface area (Å²) in [4.78, 5) is 11.6. The Bertz CT molecular complexity index is 235. The molecule has 1 rings (SSSR count). The third-order valence-electron chi connectivity index (χ3n) is 3.30. The Morgan fingerprint density at radius 1 is 1.53 bits per heavy atom. The predicted octanol–water partition coefficient (Wildman–Crippen LogP) is 2.13. The van der Waals surface area contributed by atoms with Gasteiger partial charge < -0.3 is 9.84 Å². The molecule has 0 aliphatic carbocycles. The summed E-state index contributed by atoms with van der Waals surface area (Å²) < 4.78 is 5.27. The normalized spacial score (nSPS) is 33.2. The van der Waals surface area contributed by atoms with Crippen molar-refractivity contribution in [2.45, 2.75) is 58.7 Å². The standard InChI is InChI=1S/C12H22O3/c1-8(2)5-6-10-7-12(4,9(3)13)15-11(10)14/h8-10,13H,5-7H2,1-4H3/t9-,10-,12-/m1/s1. The predicted molar refractivity (Wildman–Crippen MR) is 58.4 cm³/mol. The van der Waals surface area contributed by atoms with Crippen molar-refractivity contribution >= 4 is 5.97 Å². The first-order valence-corrected chi connectivity index (χ1v) is 5.76. The van der Waals surface area contributed by atoms with Crippen LogP contribution in [0.1, 0.15) is 47.0 Å². The first-order valence-electron chi connectivity index (χ1n) is 5.76. The van der Waals surface area contributed by atoms with E-state index in [9.17, 15) is 9.90 Å². The van der Waals surface area contributed by atoms with Crippen LogP contribution in [0, 0.1) is 11.8 Å². The van der Waals surface area contributed by atoms with Crippen molar-refractivity contribution in [1.29, 1.82) is 0 Å². The number of hydrogen-bond acceptors (Lipinski definition) is 3. The lowest BCUT2D eigenvalue weighted by molar-refractivity contribution is -0.156. The lowest BCUT2D eigenvalue weighted by atomic mass is 9.88. The molecule has 0 aromatic heterocycles. The maximum atomic E-state index is 11.6. The Balaban J connectivity index is 2.53. The van der Waals surface area contributed by atoms with E-state index in [1.807, 2.05) is 6.92 Å². The van der Waals surface area contributed by atoms with Crippen LogP contribution in [0.15, 0.2) is 0 Å². The zero-order valence-corrected chi connectivity index (χ0v) is 10.1. The van der Waals surface area contributed by atoms with Gasteiger partial charge in [0, 0.05) is 6.42 Å². The zero-order chi connectivity index (χ0) is 11.6. The first-order chi connectivity index (χ1) is 6.85. The summed E-state index contributed by atoms with van der Waals surface area (Å²) in [5.41, 5.74) is -0.668. The molecule has 1 fully saturated rings. The number of carbonyl (C=O) groups excluding carboxylic acids is 1. The molecule has 0 saturated carbocycles. The minimum Gasteiger partial charge on any atom is -0.456 e. The highest BCUT2D eigenvalue weighted by Crippen LogP contribution is 2.36. The molecule has 0 bridgehead atoms. The van der Waals surface area contributed by atoms with Gasteiger partial charge in [0.25, 0.3) is 0 Å². The van der Waals surface area contributed by atoms with E-state index < -0.39 is 11.7 Å². The first kappa shape index (κ1) is 12.5. The van der Waals surface area contributed by atoms with Crippen LogP contribution in [0.25, 0.3) is 0 Å². The van der Waals surface area contributed by atoms with Gasteiger partial charge in [-0.05, 0) is 26.2 Å². The maximum absolute atomic E-state index is 11.6. The molecule has 1 N–H and O–H groups in total. The summed E-state index contributed by atoms with van der Waals surface area (Å²) in [5.74, 6) is 0.447. The highest BCUT2D eigenvalue weighted by atomic mass is 16.6. The average Bonchev–Trinajstić information content (AvgIpc) is 2.39. The molecule has 3 atom stereocenters. The van der Waals surface area contributed by atoms with Gasteiger partial charge in [-0.2, -0.15) is 0 Å². The summed E-state index contributed by atoms with van der Waals surface area (Å²) in [7, 11) is 0. The molecule has 0 spiro atoms. The fraction of sp³-hybridized carbons (Fsp3) is 0.917. The molecule has 1 aliphatic rings. The molecule has 15 heavy (non-hydrogen) atoms. The third kappa shape index (κ3) is 2.94. The summed E-state index contributed by atoms with van der Waals surface area (Å²) in [5, 5.41) is 9.55. The SMILES string of the molecule is CC(C)CC[C@@H]1C[C@](C)([C@@H](C)O)OC1=O. The van der Waals surface area contributed by atoms with E-state index in [2.05, 4.69) is 13.8 Å². The fourth-order valence-electron chi connectivity index (χ4n) is 1.94. The monoisotopic (exact) mass is 214 g/mol. The molecule has 0 aromatic carbocycles. The average molecular weight is 214 g/mol. The van der Waals surface area contributed by atoms with Crippen molar-refractivity contribution in [2.24, 2.45) is 11.8 Å². The van der Waals surface area contributed by atoms with Crippen molar-refractivity contribution in [1.82, 2.24) is 0 Å². The van der Waals surface area contributed by atoms with E-state index in [1.54, 1.807) is 6.92 Å². The van der Waals surface area contributed by atoms with Crippen molar-refractivity contribution in [3.8, 4) is 0 Å². The van der Waals surface area contributed by atoms with Crippen molar-refractivity contribution in [2.75, 3.05) is 0 Å². The second-order valence-corrected chi connectivity index (χ2v) is 5.28. The Hall–Kier alpha value is -0.570. The highest BCUT2D eigenvalue weighted by molar-refractivity contribution is 5.75. The second kappa shape index (κ2) is 4.52. The smallest absolute Gasteiger partial charge is 0.309 e. The maximum Gasteiger partial charge on any atom is 0.309 e. The molecular formula is C12H22O3. The lowest BCUT2D eigenvalue weighted by Gasteiger charge is -2.25. The number of aliphatic hydroxyl groups excluding tert-OH is 1. The minimum absolute atomic E-state index is 0.0213. The summed E-state index contributed by atoms with van der Waals surface area (Å²) >= 11 is 0. The van der Waals surface area contributed by atoms with E-state index in [0.717, 1.165) is 12.8 Å². The van der Waals surface area contributed by atoms with Crippen LogP contribution in [0.2, 0.25) is 0 Å². The summed E-state index contributed by atoms with van der Waals surface area (Å²) in [6.07, 6.45) is 1.97. The van der Waals surface area contributed by atoms with E-state index in [-0.39, 0.29) is 11.9 Å². The third-order valence-corrected chi connectivity index (χ3v) is 3.30. The topological polar surface area (TPSA) is 46.5 Å². The number of cyclic esters (lactones) is 1. The molecule has 3 nitrogen and oxygen atoms in total. The van der Waals surface area contributed by atoms with Crippen LogP contribution in [0.4, 0.5) is 0 Å². The molecule has 0 unspecified atom stereocenters. The van der Waals surface area contributed by atoms with Crippen LogP contribution in [-0.4, -0.2) is 22.8 Å². The number of hydrogen-bond donors (Lipinski definition) is 1. The molecule has 3 heteroatoms. The number of esters is 1. The van der Waals surface area contributed by atoms with Gasteiger partial charge in [0.05, 0.1) is 12.0 Å². The Morgan fingerprint density at radius 3 is 2.53 bits per heavy atom. The van der Waals surface area contributed by atoms with Gasteiger partial charge in [0.2, 0.25) is 0 Å². The van der Waals surface area contributed by atoms with Gasteiger partial charge in [0.1, 0.15) is 5.60 Å². The van der Waals surface area contributed by atoms with Crippen LogP contribution in [0.5, 0.6) is 0 Å². The molecule has 88 valence electrons. The molecule has 1 aliphatic heterocycles. The van der Waals surface area contributed by atoms with Crippen molar-refractivity contribution in [3.05, 3.63) is 0 Å². The minimum atomic E-state index is -0.668. The van der Waals surface area contributed by atoms with Crippen LogP contribution >= 0.6 is 0 Å². The van der Waals surface area contributed by atoms with E-state index >= 15 is 0 Å². The Kier molecular flexibility index (Phi) is 3.77. The fourth-order valence-corrected chi connectivity index (χ4v) is 1.94. The van der Waals surface area contributed by atoms with Gasteiger partial charge in [-0.3, -0.25) is 4.79 Å². The van der Waals surface area contributed by atoms with Crippen LogP contribution in [-0.2, 0) is 9.53 Å². The van der Waals surface area contributed by atoms with Gasteiger partial charge >= 0.3 is 5.97 Å². The van der Waals surface area contributed by atoms with Crippen molar-refractivity contribution in [3.63, 3.8) is 0 Å². The van der Waals surface area contributed by atoms with E-state index in [4.69, 9.17) is 4.74 Å². The quantitative estimate of drug-likeness (QED) is 0.729. The molecule has 0 radical (unpaired) electrons. The highest BCUT2D eigenvalue weighted by Gasteiger charge is 2.46. The lowest BCUT2D eigenvalue weighted by Crippen LogP contribution is -2.36. The molecular weight excluding hydrogens is 192 g/mol. The Labute approximate surface area is 91.8 Å². The molecule has 0 aromatic rings. The van der Waals surface area contributed by atoms with Gasteiger partial charge in [-0.15, -0.1) is 0 Å². The van der Waals surface area contributed by atoms with Gasteiger partial charge in [-0.25, -0.2) is 0 Å². The number of aliphatic hydroxyl groups is 1. The molecule has 1 heterocycles. The Morgan fingerprint density at radius 2 is 2.13 bits per heavy atom. The molecule has 0 amide bonds. The van der Waals surface area contributed by atoms with Gasteiger partial charge in [-0.1, -0.05) is 20.3 Å². The van der Waals surface area contributed by atoms with Crippen LogP contribution < -0.4 is 0 Å². The number of carbonyl (C=O) groups is 1. The van der Waals surface area contributed by atoms with Crippen molar-refractivity contribution < 1.29 is 14.6 Å². The summed E-state index contributed by atoms with van der Waals surface area (Å²) in [6.45, 7) is 7.78. The van der Waals surface area contributed by atoms with Crippen LogP contribution in [0.3, 0.4) is 0 Å². The van der Waals surface area contributed by atoms with E-state index in [1.165, 1.54) is 0 Å². The molecule has 1 saturated heterocycles. The summed E-state index contributed by atoms with van der Waals surface area (Å²) in [6, 6.07) is 0. The second-order valence-electron chi connectivity index (χ2n) is 5.28. The number of rotatable bonds is 4. The largest absolute Gasteiger partial charge is 0.456 e. The number of ether oxygens (including phenoxy) is 1. The van der Waals surface area contributed by atoms with E-state index in [0.29, 0.717) is 12.3 Å². The zero-order valence-electron chi connectivity index (χ0n) is 10.1.